The number of nitrogen functional groups attached to an aromatic ring is 1. The van der Waals surface area contributed by atoms with Crippen LogP contribution >= 0.6 is 0 Å². The lowest BCUT2D eigenvalue weighted by Gasteiger charge is -2.30. The van der Waals surface area contributed by atoms with Crippen molar-refractivity contribution in [3.63, 3.8) is 0 Å². The number of hydrogen-bond donors (Lipinski definition) is 2. The first-order valence-corrected chi connectivity index (χ1v) is 8.07. The summed E-state index contributed by atoms with van der Waals surface area (Å²) in [5.74, 6) is -0.494. The Labute approximate surface area is 122 Å². The fourth-order valence-electron chi connectivity index (χ4n) is 2.58. The smallest absolute Gasteiger partial charge is 0.240 e. The number of nitrogens with two attached hydrogens (primary N) is 1. The topological polar surface area (TPSA) is 72.2 Å². The maximum absolute atomic E-state index is 13.3. The minimum atomic E-state index is -3.75. The van der Waals surface area contributed by atoms with Crippen LogP contribution in [0.1, 0.15) is 17.0 Å². The average Bonchev–Trinajstić information content (AvgIpc) is 2.38. The lowest BCUT2D eigenvalue weighted by atomic mass is 9.78. The van der Waals surface area contributed by atoms with Crippen LogP contribution in [0.3, 0.4) is 0 Å². The first-order valence-electron chi connectivity index (χ1n) is 6.59. The molecule has 2 aromatic rings. The number of anilines is 1. The second kappa shape index (κ2) is 5.13. The molecule has 1 aliphatic rings. The summed E-state index contributed by atoms with van der Waals surface area (Å²) in [6, 6.07) is 11.2. The van der Waals surface area contributed by atoms with Crippen molar-refractivity contribution in [2.45, 2.75) is 17.2 Å². The zero-order valence-corrected chi connectivity index (χ0v) is 12.0. The van der Waals surface area contributed by atoms with Crippen molar-refractivity contribution in [1.29, 1.82) is 0 Å². The summed E-state index contributed by atoms with van der Waals surface area (Å²) in [4.78, 5) is -0.146. The Balaban J connectivity index is 1.73. The van der Waals surface area contributed by atoms with E-state index in [2.05, 4.69) is 4.72 Å². The average molecular weight is 306 g/mol. The van der Waals surface area contributed by atoms with Crippen LogP contribution in [0.25, 0.3) is 0 Å². The molecule has 21 heavy (non-hydrogen) atoms. The number of rotatable bonds is 4. The van der Waals surface area contributed by atoms with Crippen molar-refractivity contribution in [2.24, 2.45) is 0 Å². The maximum Gasteiger partial charge on any atom is 0.240 e. The van der Waals surface area contributed by atoms with Crippen molar-refractivity contribution in [2.75, 3.05) is 12.3 Å². The zero-order valence-electron chi connectivity index (χ0n) is 11.2. The number of halogens is 1. The maximum atomic E-state index is 13.3. The first-order chi connectivity index (χ1) is 9.95. The van der Waals surface area contributed by atoms with Crippen LogP contribution in [-0.2, 0) is 16.4 Å². The van der Waals surface area contributed by atoms with E-state index in [1.165, 1.54) is 17.2 Å². The molecule has 0 aliphatic heterocycles. The van der Waals surface area contributed by atoms with Crippen LogP contribution in [0.4, 0.5) is 10.1 Å². The molecule has 0 amide bonds. The van der Waals surface area contributed by atoms with E-state index in [9.17, 15) is 12.8 Å². The highest BCUT2D eigenvalue weighted by Gasteiger charge is 2.27. The van der Waals surface area contributed by atoms with Gasteiger partial charge in [-0.15, -0.1) is 0 Å². The molecule has 0 radical (unpaired) electrons. The van der Waals surface area contributed by atoms with Gasteiger partial charge in [-0.3, -0.25) is 0 Å². The Bertz CT molecular complexity index is 770. The molecule has 0 spiro atoms. The number of sulfonamides is 1. The van der Waals surface area contributed by atoms with E-state index < -0.39 is 15.8 Å². The van der Waals surface area contributed by atoms with Gasteiger partial charge in [-0.05, 0) is 35.7 Å². The minimum Gasteiger partial charge on any atom is -0.399 e. The predicted octanol–water partition coefficient (Wildman–Crippen LogP) is 2.03. The molecule has 0 heterocycles. The second-order valence-corrected chi connectivity index (χ2v) is 6.94. The molecule has 3 N–H and O–H groups in total. The Kier molecular flexibility index (Phi) is 3.43. The van der Waals surface area contributed by atoms with Gasteiger partial charge in [0.15, 0.2) is 0 Å². The number of benzene rings is 2. The van der Waals surface area contributed by atoms with Gasteiger partial charge >= 0.3 is 0 Å². The van der Waals surface area contributed by atoms with Gasteiger partial charge in [0, 0.05) is 18.2 Å². The molecular formula is C15H15FN2O2S. The van der Waals surface area contributed by atoms with Crippen LogP contribution in [-0.4, -0.2) is 15.0 Å². The van der Waals surface area contributed by atoms with Gasteiger partial charge in [0.25, 0.3) is 0 Å². The third-order valence-corrected chi connectivity index (χ3v) is 5.09. The standard InChI is InChI=1S/C15H15FN2O2S/c16-12-6-13(17)8-14(7-12)21(19,20)18-9-11-5-10-3-1-2-4-15(10)11/h1-4,6-8,11,18H,5,9,17H2. The molecule has 2 aromatic carbocycles. The lowest BCUT2D eigenvalue weighted by Crippen LogP contribution is -2.33. The van der Waals surface area contributed by atoms with Crippen LogP contribution in [0.15, 0.2) is 47.4 Å². The van der Waals surface area contributed by atoms with Crippen molar-refractivity contribution >= 4 is 15.7 Å². The van der Waals surface area contributed by atoms with Crippen LogP contribution in [0.2, 0.25) is 0 Å². The second-order valence-electron chi connectivity index (χ2n) is 5.17. The zero-order chi connectivity index (χ0) is 15.0. The van der Waals surface area contributed by atoms with E-state index in [0.717, 1.165) is 18.6 Å². The third-order valence-electron chi connectivity index (χ3n) is 3.68. The molecular weight excluding hydrogens is 291 g/mol. The Morgan fingerprint density at radius 2 is 2.00 bits per heavy atom. The van der Waals surface area contributed by atoms with Crippen LogP contribution in [0.5, 0.6) is 0 Å². The van der Waals surface area contributed by atoms with Crippen molar-refractivity contribution in [1.82, 2.24) is 4.72 Å². The van der Waals surface area contributed by atoms with Crippen molar-refractivity contribution in [3.05, 3.63) is 59.4 Å². The largest absolute Gasteiger partial charge is 0.399 e. The van der Waals surface area contributed by atoms with E-state index in [4.69, 9.17) is 5.73 Å². The van der Waals surface area contributed by atoms with Gasteiger partial charge in [0.05, 0.1) is 4.90 Å². The van der Waals surface area contributed by atoms with E-state index >= 15 is 0 Å². The number of hydrogen-bond acceptors (Lipinski definition) is 3. The third kappa shape index (κ3) is 2.77. The fourth-order valence-corrected chi connectivity index (χ4v) is 3.72. The SMILES string of the molecule is Nc1cc(F)cc(S(=O)(=O)NCC2Cc3ccccc32)c1. The molecule has 110 valence electrons. The summed E-state index contributed by atoms with van der Waals surface area (Å²) in [7, 11) is -3.75. The van der Waals surface area contributed by atoms with E-state index in [1.807, 2.05) is 24.3 Å². The molecule has 1 aliphatic carbocycles. The molecule has 0 aromatic heterocycles. The molecule has 3 rings (SSSR count). The lowest BCUT2D eigenvalue weighted by molar-refractivity contribution is 0.550. The van der Waals surface area contributed by atoms with Crippen molar-refractivity contribution in [3.8, 4) is 0 Å². The van der Waals surface area contributed by atoms with Gasteiger partial charge in [-0.25, -0.2) is 17.5 Å². The molecule has 4 nitrogen and oxygen atoms in total. The van der Waals surface area contributed by atoms with E-state index in [0.29, 0.717) is 6.54 Å². The van der Waals surface area contributed by atoms with Gasteiger partial charge in [0.2, 0.25) is 10.0 Å². The summed E-state index contributed by atoms with van der Waals surface area (Å²) in [5.41, 5.74) is 7.98. The molecule has 0 bridgehead atoms. The first kappa shape index (κ1) is 14.0. The fraction of sp³-hybridized carbons (Fsp3) is 0.200. The minimum absolute atomic E-state index is 0.0874. The summed E-state index contributed by atoms with van der Waals surface area (Å²) in [5, 5.41) is 0. The molecule has 0 saturated carbocycles. The highest BCUT2D eigenvalue weighted by atomic mass is 32.2. The highest BCUT2D eigenvalue weighted by molar-refractivity contribution is 7.89. The summed E-state index contributed by atoms with van der Waals surface area (Å²) in [6.07, 6.45) is 0.851. The quantitative estimate of drug-likeness (QED) is 0.849. The molecule has 1 atom stereocenters. The van der Waals surface area contributed by atoms with Gasteiger partial charge in [0.1, 0.15) is 5.82 Å². The Hall–Kier alpha value is -1.92. The molecule has 1 unspecified atom stereocenters. The van der Waals surface area contributed by atoms with E-state index in [1.54, 1.807) is 0 Å². The van der Waals surface area contributed by atoms with Gasteiger partial charge < -0.3 is 5.73 Å². The molecule has 0 saturated heterocycles. The summed E-state index contributed by atoms with van der Waals surface area (Å²) >= 11 is 0. The normalized spacial score (nSPS) is 17.1. The van der Waals surface area contributed by atoms with Crippen LogP contribution in [0, 0.1) is 5.82 Å². The summed E-state index contributed by atoms with van der Waals surface area (Å²) < 4.78 is 40.1. The van der Waals surface area contributed by atoms with E-state index in [-0.39, 0.29) is 16.5 Å². The predicted molar refractivity (Wildman–Crippen MR) is 78.9 cm³/mol. The Morgan fingerprint density at radius 1 is 1.24 bits per heavy atom. The van der Waals surface area contributed by atoms with Crippen molar-refractivity contribution < 1.29 is 12.8 Å². The summed E-state index contributed by atoms with van der Waals surface area (Å²) in [6.45, 7) is 0.301. The molecule has 6 heteroatoms. The Morgan fingerprint density at radius 3 is 2.71 bits per heavy atom. The van der Waals surface area contributed by atoms with Gasteiger partial charge in [-0.1, -0.05) is 24.3 Å². The molecule has 0 fully saturated rings. The van der Waals surface area contributed by atoms with Gasteiger partial charge in [-0.2, -0.15) is 0 Å². The monoisotopic (exact) mass is 306 g/mol. The highest BCUT2D eigenvalue weighted by Crippen LogP contribution is 2.34. The number of nitrogens with one attached hydrogen (secondary N) is 1. The number of fused-ring (bicyclic) bond motifs is 1. The van der Waals surface area contributed by atoms with Crippen LogP contribution < -0.4 is 10.5 Å².